The molecule has 0 fully saturated rings. The lowest BCUT2D eigenvalue weighted by Crippen LogP contribution is -1.95. The van der Waals surface area contributed by atoms with Gasteiger partial charge >= 0.3 is 5.97 Å². The van der Waals surface area contributed by atoms with Crippen molar-refractivity contribution >= 4 is 16.9 Å². The van der Waals surface area contributed by atoms with Crippen molar-refractivity contribution in [3.63, 3.8) is 0 Å². The van der Waals surface area contributed by atoms with Crippen LogP contribution in [-0.2, 0) is 0 Å². The van der Waals surface area contributed by atoms with Crippen LogP contribution in [-0.4, -0.2) is 26.4 Å². The van der Waals surface area contributed by atoms with E-state index in [-0.39, 0.29) is 11.3 Å². The van der Waals surface area contributed by atoms with Crippen molar-refractivity contribution in [1.82, 2.24) is 10.2 Å². The molecule has 3 N–H and O–H groups in total. The van der Waals surface area contributed by atoms with E-state index in [4.69, 9.17) is 5.11 Å². The molecule has 5 heteroatoms. The van der Waals surface area contributed by atoms with Gasteiger partial charge in [0.05, 0.1) is 11.7 Å². The van der Waals surface area contributed by atoms with E-state index in [9.17, 15) is 9.90 Å². The third-order valence-corrected chi connectivity index (χ3v) is 1.79. The first-order valence-corrected chi connectivity index (χ1v) is 3.58. The SMILES string of the molecule is O=C(O)c1cc2cn[nH]c2cc1O. The van der Waals surface area contributed by atoms with Crippen LogP contribution in [0.2, 0.25) is 0 Å². The lowest BCUT2D eigenvalue weighted by Gasteiger charge is -1.98. The van der Waals surface area contributed by atoms with Gasteiger partial charge in [0, 0.05) is 11.5 Å². The molecule has 0 unspecified atom stereocenters. The molecule has 0 bridgehead atoms. The molecule has 1 aromatic heterocycles. The van der Waals surface area contributed by atoms with E-state index in [1.165, 1.54) is 18.3 Å². The summed E-state index contributed by atoms with van der Waals surface area (Å²) < 4.78 is 0. The number of H-pyrrole nitrogens is 1. The number of hydrogen-bond donors (Lipinski definition) is 3. The van der Waals surface area contributed by atoms with Gasteiger partial charge in [0.1, 0.15) is 11.3 Å². The minimum Gasteiger partial charge on any atom is -0.507 e. The zero-order valence-electron chi connectivity index (χ0n) is 6.48. The summed E-state index contributed by atoms with van der Waals surface area (Å²) in [5, 5.41) is 24.9. The Bertz CT molecular complexity index is 475. The van der Waals surface area contributed by atoms with Gasteiger partial charge in [0.2, 0.25) is 0 Å². The maximum Gasteiger partial charge on any atom is 0.339 e. The molecule has 0 aliphatic carbocycles. The quantitative estimate of drug-likeness (QED) is 0.607. The van der Waals surface area contributed by atoms with Crippen molar-refractivity contribution in [3.8, 4) is 5.75 Å². The molecule has 5 nitrogen and oxygen atoms in total. The molecule has 0 aliphatic rings. The topological polar surface area (TPSA) is 86.2 Å². The van der Waals surface area contributed by atoms with Crippen LogP contribution in [0.3, 0.4) is 0 Å². The highest BCUT2D eigenvalue weighted by atomic mass is 16.4. The fraction of sp³-hybridized carbons (Fsp3) is 0. The van der Waals surface area contributed by atoms with Crippen molar-refractivity contribution in [2.75, 3.05) is 0 Å². The van der Waals surface area contributed by atoms with Gasteiger partial charge in [-0.25, -0.2) is 4.79 Å². The molecular formula is C8H6N2O3. The summed E-state index contributed by atoms with van der Waals surface area (Å²) in [5.74, 6) is -1.41. The van der Waals surface area contributed by atoms with Crippen LogP contribution < -0.4 is 0 Å². The van der Waals surface area contributed by atoms with Crippen LogP contribution in [0, 0.1) is 0 Å². The number of aromatic hydroxyl groups is 1. The van der Waals surface area contributed by atoms with Crippen LogP contribution in [0.4, 0.5) is 0 Å². The zero-order valence-corrected chi connectivity index (χ0v) is 6.48. The summed E-state index contributed by atoms with van der Waals surface area (Å²) in [4.78, 5) is 10.6. The molecule has 13 heavy (non-hydrogen) atoms. The van der Waals surface area contributed by atoms with E-state index in [2.05, 4.69) is 10.2 Å². The number of carbonyl (C=O) groups is 1. The number of fused-ring (bicyclic) bond motifs is 1. The van der Waals surface area contributed by atoms with Crippen LogP contribution in [0.15, 0.2) is 18.3 Å². The fourth-order valence-electron chi connectivity index (χ4n) is 1.15. The summed E-state index contributed by atoms with van der Waals surface area (Å²) in [5.41, 5.74) is 0.497. The summed E-state index contributed by atoms with van der Waals surface area (Å²) in [6.07, 6.45) is 1.50. The summed E-state index contributed by atoms with van der Waals surface area (Å²) in [7, 11) is 0. The van der Waals surface area contributed by atoms with E-state index in [1.807, 2.05) is 0 Å². The van der Waals surface area contributed by atoms with Gasteiger partial charge in [-0.05, 0) is 6.07 Å². The normalized spacial score (nSPS) is 10.5. The standard InChI is InChI=1S/C8H6N2O3/c11-7-2-6-4(3-9-10-6)1-5(7)8(12)13/h1-3,11H,(H,9,10)(H,12,13). The zero-order chi connectivity index (χ0) is 9.42. The van der Waals surface area contributed by atoms with E-state index < -0.39 is 5.97 Å². The van der Waals surface area contributed by atoms with Crippen LogP contribution >= 0.6 is 0 Å². The molecule has 2 aromatic rings. The Morgan fingerprint density at radius 3 is 2.92 bits per heavy atom. The molecule has 1 heterocycles. The number of nitrogens with zero attached hydrogens (tertiary/aromatic N) is 1. The number of aromatic nitrogens is 2. The number of aromatic carboxylic acids is 1. The Morgan fingerprint density at radius 2 is 2.23 bits per heavy atom. The second kappa shape index (κ2) is 2.48. The van der Waals surface area contributed by atoms with Gasteiger partial charge in [0.25, 0.3) is 0 Å². The van der Waals surface area contributed by atoms with Gasteiger partial charge in [-0.1, -0.05) is 0 Å². The molecule has 0 amide bonds. The summed E-state index contributed by atoms with van der Waals surface area (Å²) in [6.45, 7) is 0. The van der Waals surface area contributed by atoms with E-state index in [1.54, 1.807) is 0 Å². The number of rotatable bonds is 1. The number of carboxylic acid groups (broad SMARTS) is 1. The van der Waals surface area contributed by atoms with Gasteiger partial charge in [-0.2, -0.15) is 5.10 Å². The largest absolute Gasteiger partial charge is 0.507 e. The van der Waals surface area contributed by atoms with Crippen molar-refractivity contribution < 1.29 is 15.0 Å². The Kier molecular flexibility index (Phi) is 1.45. The fourth-order valence-corrected chi connectivity index (χ4v) is 1.15. The van der Waals surface area contributed by atoms with Crippen molar-refractivity contribution in [1.29, 1.82) is 0 Å². The molecule has 1 aromatic carbocycles. The van der Waals surface area contributed by atoms with Crippen molar-refractivity contribution in [2.24, 2.45) is 0 Å². The second-order valence-corrected chi connectivity index (χ2v) is 2.63. The minimum atomic E-state index is -1.15. The molecular weight excluding hydrogens is 172 g/mol. The van der Waals surface area contributed by atoms with Crippen molar-refractivity contribution in [2.45, 2.75) is 0 Å². The third kappa shape index (κ3) is 1.10. The van der Waals surface area contributed by atoms with Crippen LogP contribution in [0.25, 0.3) is 10.9 Å². The Labute approximate surface area is 72.6 Å². The monoisotopic (exact) mass is 178 g/mol. The van der Waals surface area contributed by atoms with Gasteiger partial charge in [-0.15, -0.1) is 0 Å². The maximum absolute atomic E-state index is 10.6. The van der Waals surface area contributed by atoms with Crippen LogP contribution in [0.5, 0.6) is 5.75 Å². The maximum atomic E-state index is 10.6. The third-order valence-electron chi connectivity index (χ3n) is 1.79. The first kappa shape index (κ1) is 7.60. The Hall–Kier alpha value is -2.04. The number of phenols is 1. The number of hydrogen-bond acceptors (Lipinski definition) is 3. The first-order chi connectivity index (χ1) is 6.18. The molecule has 2 rings (SSSR count). The highest BCUT2D eigenvalue weighted by Gasteiger charge is 2.10. The molecule has 0 saturated carbocycles. The Balaban J connectivity index is 2.76. The number of carboxylic acids is 1. The molecule has 0 radical (unpaired) electrons. The highest BCUT2D eigenvalue weighted by Crippen LogP contribution is 2.23. The molecule has 0 atom stereocenters. The van der Waals surface area contributed by atoms with E-state index in [0.717, 1.165) is 0 Å². The van der Waals surface area contributed by atoms with Gasteiger partial charge in [0.15, 0.2) is 0 Å². The molecule has 0 spiro atoms. The van der Waals surface area contributed by atoms with E-state index in [0.29, 0.717) is 10.9 Å². The minimum absolute atomic E-state index is 0.117. The highest BCUT2D eigenvalue weighted by molar-refractivity contribution is 5.96. The molecule has 0 saturated heterocycles. The molecule has 66 valence electrons. The average molecular weight is 178 g/mol. The number of nitrogens with one attached hydrogen (secondary N) is 1. The van der Waals surface area contributed by atoms with Gasteiger partial charge < -0.3 is 10.2 Å². The number of aromatic amines is 1. The average Bonchev–Trinajstić information content (AvgIpc) is 2.48. The van der Waals surface area contributed by atoms with Crippen LogP contribution in [0.1, 0.15) is 10.4 Å². The lowest BCUT2D eigenvalue weighted by molar-refractivity contribution is 0.0694. The second-order valence-electron chi connectivity index (χ2n) is 2.63. The predicted octanol–water partition coefficient (Wildman–Crippen LogP) is 0.967. The van der Waals surface area contributed by atoms with Gasteiger partial charge in [-0.3, -0.25) is 5.10 Å². The Morgan fingerprint density at radius 1 is 1.46 bits per heavy atom. The summed E-state index contributed by atoms with van der Waals surface area (Å²) in [6, 6.07) is 2.71. The first-order valence-electron chi connectivity index (χ1n) is 3.58. The van der Waals surface area contributed by atoms with Crippen molar-refractivity contribution in [3.05, 3.63) is 23.9 Å². The lowest BCUT2D eigenvalue weighted by atomic mass is 10.1. The van der Waals surface area contributed by atoms with E-state index >= 15 is 0 Å². The predicted molar refractivity (Wildman–Crippen MR) is 44.7 cm³/mol. The summed E-state index contributed by atoms with van der Waals surface area (Å²) >= 11 is 0. The smallest absolute Gasteiger partial charge is 0.339 e. The molecule has 0 aliphatic heterocycles. The number of benzene rings is 1.